The summed E-state index contributed by atoms with van der Waals surface area (Å²) in [6.45, 7) is 10.3. The van der Waals surface area contributed by atoms with Crippen molar-refractivity contribution in [2.24, 2.45) is 10.9 Å². The number of piperidine rings is 2. The summed E-state index contributed by atoms with van der Waals surface area (Å²) in [6.07, 6.45) is 6.24. The molecule has 0 aliphatic carbocycles. The van der Waals surface area contributed by atoms with Crippen LogP contribution in [0, 0.1) is 5.92 Å². The molecule has 0 aromatic heterocycles. The number of rotatable bonds is 7. The highest BCUT2D eigenvalue weighted by atomic mass is 35.5. The second kappa shape index (κ2) is 11.8. The third-order valence-electron chi connectivity index (χ3n) is 6.47. The lowest BCUT2D eigenvalue weighted by atomic mass is 9.93. The number of hydrogen-bond donors (Lipinski definition) is 2. The average Bonchev–Trinajstić information content (AvgIpc) is 2.76. The van der Waals surface area contributed by atoms with Crippen molar-refractivity contribution in [3.05, 3.63) is 34.9 Å². The van der Waals surface area contributed by atoms with Crippen molar-refractivity contribution in [3.63, 3.8) is 0 Å². The maximum Gasteiger partial charge on any atom is 0.191 e. The van der Waals surface area contributed by atoms with E-state index in [1.807, 2.05) is 19.2 Å². The molecule has 2 aliphatic heterocycles. The molecule has 0 unspecified atom stereocenters. The Kier molecular flexibility index (Phi) is 9.09. The Balaban J connectivity index is 1.31. The van der Waals surface area contributed by atoms with E-state index in [4.69, 9.17) is 11.6 Å². The molecule has 2 heterocycles. The van der Waals surface area contributed by atoms with Gasteiger partial charge in [0.2, 0.25) is 0 Å². The summed E-state index contributed by atoms with van der Waals surface area (Å²) in [7, 11) is 1.88. The van der Waals surface area contributed by atoms with Crippen LogP contribution in [-0.4, -0.2) is 68.1 Å². The number of nitrogens with one attached hydrogen (secondary N) is 2. The van der Waals surface area contributed by atoms with Gasteiger partial charge in [-0.2, -0.15) is 0 Å². The Morgan fingerprint density at radius 1 is 1.03 bits per heavy atom. The van der Waals surface area contributed by atoms with Gasteiger partial charge in [-0.05, 0) is 75.4 Å². The molecule has 2 fully saturated rings. The lowest BCUT2D eigenvalue weighted by Gasteiger charge is -2.33. The number of nitrogens with zero attached hydrogens (tertiary/aromatic N) is 3. The van der Waals surface area contributed by atoms with Gasteiger partial charge in [0.1, 0.15) is 0 Å². The van der Waals surface area contributed by atoms with Crippen LogP contribution in [0.2, 0.25) is 5.02 Å². The first-order valence-electron chi connectivity index (χ1n) is 11.3. The monoisotopic (exact) mass is 419 g/mol. The van der Waals surface area contributed by atoms with Gasteiger partial charge < -0.3 is 15.5 Å². The molecule has 0 bridgehead atoms. The molecule has 0 atom stereocenters. The van der Waals surface area contributed by atoms with Gasteiger partial charge in [0.05, 0.1) is 0 Å². The molecular formula is C23H38ClN5. The Labute approximate surface area is 181 Å². The molecule has 29 heavy (non-hydrogen) atoms. The summed E-state index contributed by atoms with van der Waals surface area (Å²) in [5, 5.41) is 7.99. The average molecular weight is 420 g/mol. The third kappa shape index (κ3) is 7.47. The van der Waals surface area contributed by atoms with E-state index in [0.717, 1.165) is 55.9 Å². The molecule has 0 saturated carbocycles. The van der Waals surface area contributed by atoms with Gasteiger partial charge in [0, 0.05) is 44.3 Å². The van der Waals surface area contributed by atoms with Crippen LogP contribution in [0.25, 0.3) is 0 Å². The topological polar surface area (TPSA) is 42.9 Å². The van der Waals surface area contributed by atoms with Crippen LogP contribution in [0.15, 0.2) is 29.3 Å². The molecule has 1 aromatic rings. The van der Waals surface area contributed by atoms with Gasteiger partial charge in [0.25, 0.3) is 0 Å². The fourth-order valence-corrected chi connectivity index (χ4v) is 4.58. The highest BCUT2D eigenvalue weighted by molar-refractivity contribution is 6.30. The van der Waals surface area contributed by atoms with E-state index >= 15 is 0 Å². The van der Waals surface area contributed by atoms with Gasteiger partial charge in [0.15, 0.2) is 5.96 Å². The fraction of sp³-hybridized carbons (Fsp3) is 0.696. The minimum atomic E-state index is 0.510. The zero-order valence-electron chi connectivity index (χ0n) is 18.2. The van der Waals surface area contributed by atoms with Gasteiger partial charge >= 0.3 is 0 Å². The first-order chi connectivity index (χ1) is 14.2. The van der Waals surface area contributed by atoms with Crippen molar-refractivity contribution >= 4 is 17.6 Å². The summed E-state index contributed by atoms with van der Waals surface area (Å²) in [5.74, 6) is 1.83. The summed E-state index contributed by atoms with van der Waals surface area (Å²) in [5.41, 5.74) is 1.34. The fourth-order valence-electron chi connectivity index (χ4n) is 4.46. The molecule has 2 aliphatic rings. The largest absolute Gasteiger partial charge is 0.356 e. The van der Waals surface area contributed by atoms with Crippen molar-refractivity contribution in [2.75, 3.05) is 46.3 Å². The van der Waals surface area contributed by atoms with E-state index in [2.05, 4.69) is 44.5 Å². The van der Waals surface area contributed by atoms with Gasteiger partial charge in [-0.15, -0.1) is 0 Å². The number of guanidine groups is 1. The van der Waals surface area contributed by atoms with Crippen LogP contribution in [0.4, 0.5) is 0 Å². The minimum Gasteiger partial charge on any atom is -0.356 e. The van der Waals surface area contributed by atoms with E-state index < -0.39 is 0 Å². The van der Waals surface area contributed by atoms with Gasteiger partial charge in [-0.3, -0.25) is 9.89 Å². The van der Waals surface area contributed by atoms with Crippen molar-refractivity contribution in [1.82, 2.24) is 20.4 Å². The summed E-state index contributed by atoms with van der Waals surface area (Å²) in [4.78, 5) is 9.53. The SMILES string of the molecule is CCN1CCC(CCNC(=NC)NC2CCN(Cc3ccc(Cl)cc3)CC2)CC1. The number of hydrogen-bond acceptors (Lipinski definition) is 3. The maximum atomic E-state index is 5.99. The number of likely N-dealkylation sites (tertiary alicyclic amines) is 2. The Bertz CT molecular complexity index is 617. The van der Waals surface area contributed by atoms with Crippen LogP contribution in [0.3, 0.4) is 0 Å². The van der Waals surface area contributed by atoms with Crippen molar-refractivity contribution in [1.29, 1.82) is 0 Å². The highest BCUT2D eigenvalue weighted by Crippen LogP contribution is 2.19. The molecule has 0 spiro atoms. The Hall–Kier alpha value is -1.30. The minimum absolute atomic E-state index is 0.510. The number of halogens is 1. The molecule has 0 amide bonds. The molecule has 3 rings (SSSR count). The van der Waals surface area contributed by atoms with Crippen LogP contribution < -0.4 is 10.6 Å². The second-order valence-corrected chi connectivity index (χ2v) is 8.92. The van der Waals surface area contributed by atoms with Crippen LogP contribution in [0.1, 0.15) is 44.6 Å². The van der Waals surface area contributed by atoms with Crippen molar-refractivity contribution < 1.29 is 0 Å². The van der Waals surface area contributed by atoms with Crippen LogP contribution >= 0.6 is 11.6 Å². The van der Waals surface area contributed by atoms with E-state index in [0.29, 0.717) is 6.04 Å². The van der Waals surface area contributed by atoms with Crippen molar-refractivity contribution in [2.45, 2.75) is 51.6 Å². The van der Waals surface area contributed by atoms with Crippen LogP contribution in [-0.2, 0) is 6.54 Å². The first kappa shape index (κ1) is 22.4. The molecule has 6 heteroatoms. The van der Waals surface area contributed by atoms with E-state index in [9.17, 15) is 0 Å². The quantitative estimate of drug-likeness (QED) is 0.523. The lowest BCUT2D eigenvalue weighted by Crippen LogP contribution is -2.48. The van der Waals surface area contributed by atoms with Crippen molar-refractivity contribution in [3.8, 4) is 0 Å². The molecule has 162 valence electrons. The standard InChI is InChI=1S/C23H38ClN5/c1-3-28-14-9-19(10-15-28)8-13-26-23(25-2)27-22-11-16-29(17-12-22)18-20-4-6-21(24)7-5-20/h4-7,19,22H,3,8-18H2,1-2H3,(H2,25,26,27). The first-order valence-corrected chi connectivity index (χ1v) is 11.7. The molecule has 0 radical (unpaired) electrons. The van der Waals surface area contributed by atoms with E-state index in [-0.39, 0.29) is 0 Å². The predicted octanol–water partition coefficient (Wildman–Crippen LogP) is 3.59. The normalized spacial score (nSPS) is 20.7. The molecular weight excluding hydrogens is 382 g/mol. The van der Waals surface area contributed by atoms with Crippen LogP contribution in [0.5, 0.6) is 0 Å². The third-order valence-corrected chi connectivity index (χ3v) is 6.72. The second-order valence-electron chi connectivity index (χ2n) is 8.49. The lowest BCUT2D eigenvalue weighted by molar-refractivity contribution is 0.187. The smallest absolute Gasteiger partial charge is 0.191 e. The summed E-state index contributed by atoms with van der Waals surface area (Å²) >= 11 is 5.99. The Morgan fingerprint density at radius 2 is 1.69 bits per heavy atom. The number of benzene rings is 1. The van der Waals surface area contributed by atoms with Gasteiger partial charge in [-0.1, -0.05) is 30.7 Å². The summed E-state index contributed by atoms with van der Waals surface area (Å²) in [6, 6.07) is 8.73. The predicted molar refractivity (Wildman–Crippen MR) is 124 cm³/mol. The summed E-state index contributed by atoms with van der Waals surface area (Å²) < 4.78 is 0. The highest BCUT2D eigenvalue weighted by Gasteiger charge is 2.21. The zero-order valence-corrected chi connectivity index (χ0v) is 18.9. The molecule has 5 nitrogen and oxygen atoms in total. The molecule has 2 N–H and O–H groups in total. The van der Waals surface area contributed by atoms with E-state index in [1.54, 1.807) is 0 Å². The molecule has 1 aromatic carbocycles. The van der Waals surface area contributed by atoms with E-state index in [1.165, 1.54) is 44.5 Å². The zero-order chi connectivity index (χ0) is 20.5. The Morgan fingerprint density at radius 3 is 2.31 bits per heavy atom. The maximum absolute atomic E-state index is 5.99. The number of aliphatic imine (C=N–C) groups is 1. The molecule has 2 saturated heterocycles. The van der Waals surface area contributed by atoms with Gasteiger partial charge in [-0.25, -0.2) is 0 Å².